The van der Waals surface area contributed by atoms with Crippen LogP contribution >= 0.6 is 58.7 Å². The fraction of sp³-hybridized carbons (Fsp3) is 0.115. The Balaban J connectivity index is 1.28. The predicted octanol–water partition coefficient (Wildman–Crippen LogP) is 6.41. The number of para-hydroxylation sites is 2. The summed E-state index contributed by atoms with van der Waals surface area (Å²) >= 11 is 15.3. The molecule has 1 aliphatic heterocycles. The van der Waals surface area contributed by atoms with Crippen LogP contribution in [-0.2, 0) is 9.59 Å². The summed E-state index contributed by atoms with van der Waals surface area (Å²) in [5.41, 5.74) is 1.91. The van der Waals surface area contributed by atoms with Crippen LogP contribution in [0.2, 0.25) is 5.02 Å². The number of rotatable bonds is 8. The molecule has 0 radical (unpaired) electrons. The van der Waals surface area contributed by atoms with Gasteiger partial charge in [-0.05, 0) is 53.9 Å². The van der Waals surface area contributed by atoms with Gasteiger partial charge in [-0.15, -0.1) is 11.3 Å². The average molecular weight is 599 g/mol. The van der Waals surface area contributed by atoms with Gasteiger partial charge in [0.25, 0.3) is 5.91 Å². The molecule has 12 heteroatoms. The summed E-state index contributed by atoms with van der Waals surface area (Å²) in [5.74, 6) is -0.624. The first-order valence-electron chi connectivity index (χ1n) is 11.4. The van der Waals surface area contributed by atoms with Crippen LogP contribution in [0.5, 0.6) is 0 Å². The second-order valence-electron chi connectivity index (χ2n) is 8.05. The lowest BCUT2D eigenvalue weighted by Gasteiger charge is -2.14. The van der Waals surface area contributed by atoms with Crippen LogP contribution in [0.1, 0.15) is 16.1 Å². The molecule has 0 aliphatic carbocycles. The monoisotopic (exact) mass is 598 g/mol. The van der Waals surface area contributed by atoms with Gasteiger partial charge in [0.05, 0.1) is 21.7 Å². The number of hydrogen-bond acceptors (Lipinski definition) is 8. The number of imidazole rings is 1. The van der Waals surface area contributed by atoms with Crippen molar-refractivity contribution in [3.05, 3.63) is 80.8 Å². The van der Waals surface area contributed by atoms with E-state index in [0.29, 0.717) is 36.1 Å². The third kappa shape index (κ3) is 6.02. The van der Waals surface area contributed by atoms with E-state index in [0.717, 1.165) is 4.88 Å². The fourth-order valence-electron chi connectivity index (χ4n) is 3.72. The van der Waals surface area contributed by atoms with Gasteiger partial charge < -0.3 is 5.32 Å². The van der Waals surface area contributed by atoms with E-state index in [9.17, 15) is 14.4 Å². The van der Waals surface area contributed by atoms with E-state index in [-0.39, 0.29) is 36.4 Å². The van der Waals surface area contributed by atoms with E-state index in [1.54, 1.807) is 30.3 Å². The van der Waals surface area contributed by atoms with Crippen LogP contribution in [0.4, 0.5) is 5.69 Å². The van der Waals surface area contributed by atoms with E-state index in [1.807, 2.05) is 41.8 Å². The SMILES string of the molecule is O=C(CSc1nc2ccccc2n1C(=O)CCN1C(=O)/C(=C\c2cccs2)SC1=S)Nc1ccc(Cl)cc1. The van der Waals surface area contributed by atoms with Crippen molar-refractivity contribution in [1.29, 1.82) is 0 Å². The number of halogens is 1. The number of carbonyl (C=O) groups excluding carboxylic acids is 3. The lowest BCUT2D eigenvalue weighted by atomic mass is 10.3. The molecule has 5 rings (SSSR count). The zero-order chi connectivity index (χ0) is 26.6. The van der Waals surface area contributed by atoms with E-state index >= 15 is 0 Å². The first-order valence-corrected chi connectivity index (χ1v) is 14.8. The Kier molecular flexibility index (Phi) is 8.29. The molecule has 2 aromatic heterocycles. The maximum atomic E-state index is 13.4. The molecule has 1 aliphatic rings. The maximum absolute atomic E-state index is 13.4. The Hall–Kier alpha value is -2.96. The third-order valence-corrected chi connectivity index (χ3v) is 8.87. The van der Waals surface area contributed by atoms with Gasteiger partial charge in [-0.2, -0.15) is 0 Å². The molecule has 7 nitrogen and oxygen atoms in total. The first-order chi connectivity index (χ1) is 18.4. The standard InChI is InChI=1S/C26H19ClN4O3S4/c27-16-7-9-17(10-8-16)28-22(32)15-37-25-29-19-5-1-2-6-20(19)31(25)23(33)11-12-30-24(34)21(38-26(30)35)14-18-4-3-13-36-18/h1-10,13-14H,11-12,15H2,(H,28,32)/b21-14+. The molecular weight excluding hydrogens is 580 g/mol. The van der Waals surface area contributed by atoms with Gasteiger partial charge in [-0.1, -0.05) is 65.5 Å². The number of thiocarbonyl (C=S) groups is 1. The van der Waals surface area contributed by atoms with Crippen LogP contribution in [-0.4, -0.2) is 48.8 Å². The van der Waals surface area contributed by atoms with Crippen molar-refractivity contribution in [3.8, 4) is 0 Å². The molecule has 2 amide bonds. The predicted molar refractivity (Wildman–Crippen MR) is 160 cm³/mol. The lowest BCUT2D eigenvalue weighted by Crippen LogP contribution is -2.31. The molecule has 0 spiro atoms. The average Bonchev–Trinajstić information content (AvgIpc) is 3.61. The summed E-state index contributed by atoms with van der Waals surface area (Å²) in [6.07, 6.45) is 1.86. The summed E-state index contributed by atoms with van der Waals surface area (Å²) < 4.78 is 1.93. The second-order valence-corrected chi connectivity index (χ2v) is 12.1. The highest BCUT2D eigenvalue weighted by Gasteiger charge is 2.32. The number of thioether (sulfide) groups is 2. The third-order valence-electron chi connectivity index (χ3n) is 5.48. The topological polar surface area (TPSA) is 84.3 Å². The number of fused-ring (bicyclic) bond motifs is 1. The maximum Gasteiger partial charge on any atom is 0.266 e. The van der Waals surface area contributed by atoms with Crippen molar-refractivity contribution >= 4 is 104 Å². The molecule has 38 heavy (non-hydrogen) atoms. The van der Waals surface area contributed by atoms with Gasteiger partial charge in [0, 0.05) is 28.6 Å². The van der Waals surface area contributed by atoms with E-state index in [1.165, 1.54) is 44.3 Å². The minimum atomic E-state index is -0.240. The zero-order valence-corrected chi connectivity index (χ0v) is 23.6. The highest BCUT2D eigenvalue weighted by Crippen LogP contribution is 2.33. The molecule has 0 bridgehead atoms. The molecule has 0 atom stereocenters. The Labute approximate surface area is 241 Å². The second kappa shape index (κ2) is 11.8. The van der Waals surface area contributed by atoms with Gasteiger partial charge in [-0.25, -0.2) is 4.98 Å². The van der Waals surface area contributed by atoms with Crippen LogP contribution in [0.25, 0.3) is 17.1 Å². The number of nitrogens with zero attached hydrogens (tertiary/aromatic N) is 3. The van der Waals surface area contributed by atoms with Gasteiger partial charge in [-0.3, -0.25) is 23.9 Å². The van der Waals surface area contributed by atoms with Crippen molar-refractivity contribution in [2.75, 3.05) is 17.6 Å². The summed E-state index contributed by atoms with van der Waals surface area (Å²) in [7, 11) is 0. The molecule has 3 heterocycles. The van der Waals surface area contributed by atoms with Crippen LogP contribution in [0.3, 0.4) is 0 Å². The van der Waals surface area contributed by atoms with Gasteiger partial charge in [0.1, 0.15) is 4.32 Å². The van der Waals surface area contributed by atoms with Gasteiger partial charge in [0.15, 0.2) is 5.16 Å². The number of benzene rings is 2. The largest absolute Gasteiger partial charge is 0.325 e. The molecule has 2 aromatic carbocycles. The Morgan fingerprint density at radius 2 is 1.89 bits per heavy atom. The summed E-state index contributed by atoms with van der Waals surface area (Å²) in [4.78, 5) is 46.4. The molecule has 1 saturated heterocycles. The van der Waals surface area contributed by atoms with Crippen LogP contribution < -0.4 is 5.32 Å². The number of carbonyl (C=O) groups is 3. The summed E-state index contributed by atoms with van der Waals surface area (Å²) in [6, 6.07) is 18.0. The van der Waals surface area contributed by atoms with Gasteiger partial charge >= 0.3 is 0 Å². The van der Waals surface area contributed by atoms with Crippen molar-refractivity contribution in [2.24, 2.45) is 0 Å². The number of thiophene rings is 1. The number of anilines is 1. The Bertz CT molecular complexity index is 1570. The zero-order valence-electron chi connectivity index (χ0n) is 19.6. The number of hydrogen-bond donors (Lipinski definition) is 1. The summed E-state index contributed by atoms with van der Waals surface area (Å²) in [5, 5.41) is 5.74. The van der Waals surface area contributed by atoms with Crippen molar-refractivity contribution < 1.29 is 14.4 Å². The molecule has 0 unspecified atom stereocenters. The van der Waals surface area contributed by atoms with Crippen molar-refractivity contribution in [3.63, 3.8) is 0 Å². The molecular formula is C26H19ClN4O3S4. The minimum absolute atomic E-state index is 0.0452. The number of nitrogens with one attached hydrogen (secondary N) is 1. The highest BCUT2D eigenvalue weighted by molar-refractivity contribution is 8.26. The first kappa shape index (κ1) is 26.6. The Morgan fingerprint density at radius 3 is 2.66 bits per heavy atom. The Morgan fingerprint density at radius 1 is 1.11 bits per heavy atom. The normalized spacial score (nSPS) is 14.6. The number of aromatic nitrogens is 2. The molecule has 4 aromatic rings. The van der Waals surface area contributed by atoms with E-state index in [4.69, 9.17) is 23.8 Å². The van der Waals surface area contributed by atoms with Crippen LogP contribution in [0.15, 0.2) is 76.1 Å². The minimum Gasteiger partial charge on any atom is -0.325 e. The highest BCUT2D eigenvalue weighted by atomic mass is 35.5. The molecule has 0 saturated carbocycles. The fourth-order valence-corrected chi connectivity index (χ4v) is 6.70. The van der Waals surface area contributed by atoms with Gasteiger partial charge in [0.2, 0.25) is 11.8 Å². The van der Waals surface area contributed by atoms with Crippen molar-refractivity contribution in [1.82, 2.24) is 14.5 Å². The van der Waals surface area contributed by atoms with E-state index < -0.39 is 0 Å². The van der Waals surface area contributed by atoms with Crippen molar-refractivity contribution in [2.45, 2.75) is 11.6 Å². The lowest BCUT2D eigenvalue weighted by molar-refractivity contribution is -0.122. The van der Waals surface area contributed by atoms with Crippen LogP contribution in [0, 0.1) is 0 Å². The molecule has 192 valence electrons. The quantitative estimate of drug-likeness (QED) is 0.142. The smallest absolute Gasteiger partial charge is 0.266 e. The summed E-state index contributed by atoms with van der Waals surface area (Å²) in [6.45, 7) is 0.152. The molecule has 1 fully saturated rings. The molecule has 1 N–H and O–H groups in total. The van der Waals surface area contributed by atoms with E-state index in [2.05, 4.69) is 10.3 Å². The number of amides is 2.